The van der Waals surface area contributed by atoms with Crippen LogP contribution in [0, 0.1) is 5.92 Å². The average Bonchev–Trinajstić information content (AvgIpc) is 2.29. The van der Waals surface area contributed by atoms with E-state index in [9.17, 15) is 9.90 Å². The van der Waals surface area contributed by atoms with Crippen molar-refractivity contribution in [1.29, 1.82) is 0 Å². The molecule has 1 unspecified atom stereocenters. The van der Waals surface area contributed by atoms with E-state index in [0.29, 0.717) is 12.3 Å². The summed E-state index contributed by atoms with van der Waals surface area (Å²) in [5.41, 5.74) is -0.0928. The number of carboxylic acid groups (broad SMARTS) is 1. The maximum Gasteiger partial charge on any atom is 0.329 e. The minimum atomic E-state index is -0.919. The van der Waals surface area contributed by atoms with Crippen molar-refractivity contribution >= 4 is 27.6 Å². The van der Waals surface area contributed by atoms with E-state index in [1.165, 1.54) is 0 Å². The normalized spacial score (nSPS) is 14.3. The van der Waals surface area contributed by atoms with Crippen LogP contribution in [0.5, 0.6) is 0 Å². The molecule has 0 fully saturated rings. The van der Waals surface area contributed by atoms with Gasteiger partial charge in [-0.1, -0.05) is 29.8 Å². The number of benzene rings is 1. The predicted octanol–water partition coefficient (Wildman–Crippen LogP) is 4.14. The van der Waals surface area contributed by atoms with Crippen molar-refractivity contribution < 1.29 is 9.90 Å². The Morgan fingerprint density at radius 3 is 2.39 bits per heavy atom. The first-order valence-electron chi connectivity index (χ1n) is 6.10. The molecule has 0 radical (unpaired) electrons. The van der Waals surface area contributed by atoms with Crippen LogP contribution in [0.3, 0.4) is 0 Å². The lowest BCUT2D eigenvalue weighted by Crippen LogP contribution is -2.43. The number of anilines is 1. The van der Waals surface area contributed by atoms with Gasteiger partial charge in [0.1, 0.15) is 5.54 Å². The van der Waals surface area contributed by atoms with Crippen LogP contribution in [0.4, 0.5) is 5.69 Å². The smallest absolute Gasteiger partial charge is 0.329 e. The zero-order valence-electron chi connectivity index (χ0n) is 11.0. The summed E-state index contributed by atoms with van der Waals surface area (Å²) in [4.78, 5) is 11.4. The van der Waals surface area contributed by atoms with Gasteiger partial charge in [-0.3, -0.25) is 0 Å². The van der Waals surface area contributed by atoms with Gasteiger partial charge in [-0.15, -0.1) is 0 Å². The van der Waals surface area contributed by atoms with Gasteiger partial charge in [0.15, 0.2) is 0 Å². The van der Waals surface area contributed by atoms with E-state index in [1.807, 2.05) is 24.3 Å². The molecule has 0 heterocycles. The fourth-order valence-corrected chi connectivity index (χ4v) is 1.92. The maximum absolute atomic E-state index is 11.4. The van der Waals surface area contributed by atoms with E-state index < -0.39 is 11.5 Å². The molecule has 0 saturated heterocycles. The van der Waals surface area contributed by atoms with E-state index in [4.69, 9.17) is 0 Å². The Hall–Kier alpha value is -1.03. The van der Waals surface area contributed by atoms with E-state index in [-0.39, 0.29) is 0 Å². The molecule has 0 saturated carbocycles. The van der Waals surface area contributed by atoms with Crippen molar-refractivity contribution in [2.75, 3.05) is 5.32 Å². The highest BCUT2D eigenvalue weighted by atomic mass is 79.9. The zero-order valence-corrected chi connectivity index (χ0v) is 12.6. The van der Waals surface area contributed by atoms with Crippen molar-refractivity contribution in [3.63, 3.8) is 0 Å². The van der Waals surface area contributed by atoms with E-state index in [2.05, 4.69) is 35.1 Å². The second kappa shape index (κ2) is 6.23. The fraction of sp³-hybridized carbons (Fsp3) is 0.500. The van der Waals surface area contributed by atoms with Gasteiger partial charge >= 0.3 is 5.97 Å². The quantitative estimate of drug-likeness (QED) is 0.829. The van der Waals surface area contributed by atoms with Crippen molar-refractivity contribution in [1.82, 2.24) is 0 Å². The molecule has 1 atom stereocenters. The number of aliphatic carboxylic acids is 1. The Balaban J connectivity index is 2.79. The summed E-state index contributed by atoms with van der Waals surface area (Å²) in [6.07, 6.45) is 1.49. The third kappa shape index (κ3) is 4.33. The largest absolute Gasteiger partial charge is 0.480 e. The number of nitrogens with one attached hydrogen (secondary N) is 1. The number of hydrogen-bond donors (Lipinski definition) is 2. The molecule has 2 N–H and O–H groups in total. The standard InChI is InChI=1S/C14H20BrNO2/c1-10(2)8-9-14(3,13(17)18)16-12-6-4-11(15)5-7-12/h4-7,10,16H,8-9H2,1-3H3,(H,17,18). The molecule has 1 rings (SSSR count). The lowest BCUT2D eigenvalue weighted by Gasteiger charge is -2.28. The minimum absolute atomic E-state index is 0.496. The molecule has 18 heavy (non-hydrogen) atoms. The Kier molecular flexibility index (Phi) is 5.20. The molecule has 1 aromatic carbocycles. The topological polar surface area (TPSA) is 49.3 Å². The summed E-state index contributed by atoms with van der Waals surface area (Å²) in [5, 5.41) is 12.5. The Bertz CT molecular complexity index is 403. The van der Waals surface area contributed by atoms with Crippen molar-refractivity contribution in [2.24, 2.45) is 5.92 Å². The molecule has 0 amide bonds. The SMILES string of the molecule is CC(C)CCC(C)(Nc1ccc(Br)cc1)C(=O)O. The highest BCUT2D eigenvalue weighted by molar-refractivity contribution is 9.10. The van der Waals surface area contributed by atoms with Gasteiger partial charge in [0.25, 0.3) is 0 Å². The van der Waals surface area contributed by atoms with Crippen molar-refractivity contribution in [3.05, 3.63) is 28.7 Å². The Morgan fingerprint density at radius 2 is 1.94 bits per heavy atom. The first-order chi connectivity index (χ1) is 8.33. The second-order valence-electron chi connectivity index (χ2n) is 5.20. The molecule has 0 aromatic heterocycles. The number of carboxylic acids is 1. The summed E-state index contributed by atoms with van der Waals surface area (Å²) in [5.74, 6) is -0.318. The molecule has 0 aliphatic rings. The van der Waals surface area contributed by atoms with Gasteiger partial charge in [0, 0.05) is 10.2 Å². The molecule has 0 aliphatic carbocycles. The Labute approximate surface area is 117 Å². The van der Waals surface area contributed by atoms with Crippen LogP contribution >= 0.6 is 15.9 Å². The van der Waals surface area contributed by atoms with Crippen LogP contribution in [-0.2, 0) is 4.79 Å². The van der Waals surface area contributed by atoms with Crippen LogP contribution in [0.2, 0.25) is 0 Å². The molecule has 3 nitrogen and oxygen atoms in total. The molecular weight excluding hydrogens is 294 g/mol. The van der Waals surface area contributed by atoms with Crippen LogP contribution < -0.4 is 5.32 Å². The molecule has 0 bridgehead atoms. The monoisotopic (exact) mass is 313 g/mol. The summed E-state index contributed by atoms with van der Waals surface area (Å²) in [6.45, 7) is 5.93. The molecule has 4 heteroatoms. The highest BCUT2D eigenvalue weighted by Crippen LogP contribution is 2.24. The number of hydrogen-bond acceptors (Lipinski definition) is 2. The zero-order chi connectivity index (χ0) is 13.8. The number of rotatable bonds is 6. The predicted molar refractivity (Wildman–Crippen MR) is 77.9 cm³/mol. The first kappa shape index (κ1) is 15.0. The number of carbonyl (C=O) groups is 1. The first-order valence-corrected chi connectivity index (χ1v) is 6.90. The molecule has 0 aliphatic heterocycles. The van der Waals surface area contributed by atoms with Gasteiger partial charge in [-0.05, 0) is 49.9 Å². The lowest BCUT2D eigenvalue weighted by molar-refractivity contribution is -0.142. The Morgan fingerprint density at radius 1 is 1.39 bits per heavy atom. The van der Waals surface area contributed by atoms with Gasteiger partial charge in [0.05, 0.1) is 0 Å². The molecule has 1 aromatic rings. The summed E-state index contributed by atoms with van der Waals surface area (Å²) >= 11 is 3.36. The van der Waals surface area contributed by atoms with Crippen LogP contribution in [0.1, 0.15) is 33.6 Å². The van der Waals surface area contributed by atoms with Gasteiger partial charge in [-0.2, -0.15) is 0 Å². The third-order valence-corrected chi connectivity index (χ3v) is 3.49. The lowest BCUT2D eigenvalue weighted by atomic mass is 9.91. The van der Waals surface area contributed by atoms with Crippen LogP contribution in [-0.4, -0.2) is 16.6 Å². The summed E-state index contributed by atoms with van der Waals surface area (Å²) in [6, 6.07) is 7.54. The highest BCUT2D eigenvalue weighted by Gasteiger charge is 2.32. The van der Waals surface area contributed by atoms with Crippen molar-refractivity contribution in [2.45, 2.75) is 39.2 Å². The van der Waals surface area contributed by atoms with E-state index in [0.717, 1.165) is 16.6 Å². The summed E-state index contributed by atoms with van der Waals surface area (Å²) in [7, 11) is 0. The second-order valence-corrected chi connectivity index (χ2v) is 6.12. The third-order valence-electron chi connectivity index (χ3n) is 2.96. The fourth-order valence-electron chi connectivity index (χ4n) is 1.65. The molecule has 0 spiro atoms. The average molecular weight is 314 g/mol. The van der Waals surface area contributed by atoms with E-state index in [1.54, 1.807) is 6.92 Å². The van der Waals surface area contributed by atoms with Gasteiger partial charge < -0.3 is 10.4 Å². The summed E-state index contributed by atoms with van der Waals surface area (Å²) < 4.78 is 0.979. The van der Waals surface area contributed by atoms with Crippen LogP contribution in [0.15, 0.2) is 28.7 Å². The number of halogens is 1. The van der Waals surface area contributed by atoms with Gasteiger partial charge in [-0.25, -0.2) is 4.79 Å². The molecule has 100 valence electrons. The van der Waals surface area contributed by atoms with Gasteiger partial charge in [0.2, 0.25) is 0 Å². The van der Waals surface area contributed by atoms with Crippen molar-refractivity contribution in [3.8, 4) is 0 Å². The van der Waals surface area contributed by atoms with E-state index >= 15 is 0 Å². The maximum atomic E-state index is 11.4. The van der Waals surface area contributed by atoms with Crippen LogP contribution in [0.25, 0.3) is 0 Å². The minimum Gasteiger partial charge on any atom is -0.480 e. The molecular formula is C14H20BrNO2.